The first-order valence-corrected chi connectivity index (χ1v) is 6.19. The molecule has 4 heteroatoms. The zero-order valence-corrected chi connectivity index (χ0v) is 9.65. The molecule has 0 spiro atoms. The van der Waals surface area contributed by atoms with Crippen LogP contribution >= 0.6 is 0 Å². The van der Waals surface area contributed by atoms with Gasteiger partial charge in [0.05, 0.1) is 25.3 Å². The largest absolute Gasteiger partial charge is 0.381 e. The molecule has 0 amide bonds. The molecule has 1 saturated heterocycles. The van der Waals surface area contributed by atoms with Crippen molar-refractivity contribution in [3.05, 3.63) is 0 Å². The van der Waals surface area contributed by atoms with Gasteiger partial charge in [-0.2, -0.15) is 5.26 Å². The van der Waals surface area contributed by atoms with E-state index in [1.54, 1.807) is 0 Å². The first-order chi connectivity index (χ1) is 7.88. The molecule has 1 N–H and O–H groups in total. The standard InChI is InChI=1S/C12H20N2O2/c13-7-12(14-11-1-2-11)4-6-16-9-10-3-5-15-8-10/h10-12,14H,1-6,8-9H2. The maximum atomic E-state index is 8.93. The van der Waals surface area contributed by atoms with Crippen molar-refractivity contribution in [2.24, 2.45) is 5.92 Å². The Morgan fingerprint density at radius 3 is 2.94 bits per heavy atom. The summed E-state index contributed by atoms with van der Waals surface area (Å²) in [4.78, 5) is 0. The molecule has 4 nitrogen and oxygen atoms in total. The molecule has 0 aromatic rings. The third-order valence-electron chi connectivity index (χ3n) is 3.10. The van der Waals surface area contributed by atoms with E-state index in [0.717, 1.165) is 32.7 Å². The van der Waals surface area contributed by atoms with Gasteiger partial charge in [-0.15, -0.1) is 0 Å². The highest BCUT2D eigenvalue weighted by atomic mass is 16.5. The van der Waals surface area contributed by atoms with Gasteiger partial charge >= 0.3 is 0 Å². The average molecular weight is 224 g/mol. The van der Waals surface area contributed by atoms with E-state index in [4.69, 9.17) is 14.7 Å². The van der Waals surface area contributed by atoms with Crippen LogP contribution in [0.15, 0.2) is 0 Å². The van der Waals surface area contributed by atoms with Crippen molar-refractivity contribution in [1.29, 1.82) is 5.26 Å². The zero-order chi connectivity index (χ0) is 11.2. The van der Waals surface area contributed by atoms with Gasteiger partial charge < -0.3 is 9.47 Å². The minimum atomic E-state index is -0.0349. The molecule has 0 radical (unpaired) electrons. The maximum Gasteiger partial charge on any atom is 0.0977 e. The van der Waals surface area contributed by atoms with Gasteiger partial charge in [0.15, 0.2) is 0 Å². The third kappa shape index (κ3) is 4.09. The molecule has 0 aromatic carbocycles. The molecule has 16 heavy (non-hydrogen) atoms. The first-order valence-electron chi connectivity index (χ1n) is 6.19. The molecular formula is C12H20N2O2. The highest BCUT2D eigenvalue weighted by Crippen LogP contribution is 2.19. The van der Waals surface area contributed by atoms with Crippen LogP contribution < -0.4 is 5.32 Å². The monoisotopic (exact) mass is 224 g/mol. The Hall–Kier alpha value is -0.630. The number of hydrogen-bond acceptors (Lipinski definition) is 4. The SMILES string of the molecule is N#CC(CCOCC1CCOC1)NC1CC1. The highest BCUT2D eigenvalue weighted by Gasteiger charge is 2.24. The van der Waals surface area contributed by atoms with Gasteiger partial charge in [0, 0.05) is 25.2 Å². The van der Waals surface area contributed by atoms with E-state index < -0.39 is 0 Å². The molecule has 1 heterocycles. The van der Waals surface area contributed by atoms with Crippen LogP contribution in [0.25, 0.3) is 0 Å². The van der Waals surface area contributed by atoms with Crippen molar-refractivity contribution in [3.63, 3.8) is 0 Å². The minimum Gasteiger partial charge on any atom is -0.381 e. The van der Waals surface area contributed by atoms with E-state index in [9.17, 15) is 0 Å². The van der Waals surface area contributed by atoms with Crippen LogP contribution in [-0.4, -0.2) is 38.5 Å². The molecule has 1 saturated carbocycles. The van der Waals surface area contributed by atoms with Crippen LogP contribution in [0.5, 0.6) is 0 Å². The summed E-state index contributed by atoms with van der Waals surface area (Å²) in [6.07, 6.45) is 4.35. The second kappa shape index (κ2) is 6.19. The molecule has 1 aliphatic carbocycles. The van der Waals surface area contributed by atoms with Crippen molar-refractivity contribution < 1.29 is 9.47 Å². The first kappa shape index (κ1) is 11.8. The summed E-state index contributed by atoms with van der Waals surface area (Å²) in [5, 5.41) is 12.2. The fraction of sp³-hybridized carbons (Fsp3) is 0.917. The van der Waals surface area contributed by atoms with Gasteiger partial charge in [-0.05, 0) is 25.7 Å². The van der Waals surface area contributed by atoms with Crippen LogP contribution in [0.3, 0.4) is 0 Å². The summed E-state index contributed by atoms with van der Waals surface area (Å²) in [6, 6.07) is 2.84. The van der Waals surface area contributed by atoms with E-state index in [1.807, 2.05) is 0 Å². The molecule has 0 aromatic heterocycles. The second-order valence-corrected chi connectivity index (χ2v) is 4.72. The molecule has 2 fully saturated rings. The lowest BCUT2D eigenvalue weighted by Crippen LogP contribution is -2.30. The van der Waals surface area contributed by atoms with E-state index in [-0.39, 0.29) is 6.04 Å². The Balaban J connectivity index is 1.50. The maximum absolute atomic E-state index is 8.93. The number of nitrogens with one attached hydrogen (secondary N) is 1. The van der Waals surface area contributed by atoms with E-state index in [1.165, 1.54) is 12.8 Å². The summed E-state index contributed by atoms with van der Waals surface area (Å²) in [5.41, 5.74) is 0. The molecule has 2 atom stereocenters. The smallest absolute Gasteiger partial charge is 0.0977 e. The van der Waals surface area contributed by atoms with E-state index in [2.05, 4.69) is 11.4 Å². The van der Waals surface area contributed by atoms with Crippen LogP contribution in [0.2, 0.25) is 0 Å². The average Bonchev–Trinajstić information content (AvgIpc) is 2.96. The molecule has 2 unspecified atom stereocenters. The number of nitriles is 1. The van der Waals surface area contributed by atoms with Gasteiger partial charge in [-0.3, -0.25) is 5.32 Å². The summed E-state index contributed by atoms with van der Waals surface area (Å²) in [5.74, 6) is 0.567. The van der Waals surface area contributed by atoms with Crippen molar-refractivity contribution in [2.75, 3.05) is 26.4 Å². The highest BCUT2D eigenvalue weighted by molar-refractivity contribution is 4.95. The van der Waals surface area contributed by atoms with Crippen LogP contribution in [0.1, 0.15) is 25.7 Å². The topological polar surface area (TPSA) is 54.3 Å². The molecule has 0 bridgehead atoms. The van der Waals surface area contributed by atoms with Gasteiger partial charge in [0.25, 0.3) is 0 Å². The lowest BCUT2D eigenvalue weighted by atomic mass is 10.1. The number of hydrogen-bond donors (Lipinski definition) is 1. The van der Waals surface area contributed by atoms with Gasteiger partial charge in [-0.25, -0.2) is 0 Å². The van der Waals surface area contributed by atoms with E-state index >= 15 is 0 Å². The Morgan fingerprint density at radius 1 is 1.44 bits per heavy atom. The molecule has 1 aliphatic heterocycles. The Kier molecular flexibility index (Phi) is 4.58. The van der Waals surface area contributed by atoms with E-state index in [0.29, 0.717) is 18.6 Å². The van der Waals surface area contributed by atoms with Gasteiger partial charge in [0.1, 0.15) is 0 Å². The summed E-state index contributed by atoms with van der Waals surface area (Å²) in [7, 11) is 0. The number of nitrogens with zero attached hydrogens (tertiary/aromatic N) is 1. The predicted octanol–water partition coefficient (Wildman–Crippen LogP) is 1.07. The lowest BCUT2D eigenvalue weighted by molar-refractivity contribution is 0.0858. The lowest BCUT2D eigenvalue weighted by Gasteiger charge is -2.12. The third-order valence-corrected chi connectivity index (χ3v) is 3.10. The van der Waals surface area contributed by atoms with Crippen molar-refractivity contribution in [3.8, 4) is 6.07 Å². The molecule has 2 aliphatic rings. The van der Waals surface area contributed by atoms with Crippen LogP contribution in [-0.2, 0) is 9.47 Å². The Morgan fingerprint density at radius 2 is 2.31 bits per heavy atom. The van der Waals surface area contributed by atoms with Gasteiger partial charge in [-0.1, -0.05) is 0 Å². The Labute approximate surface area is 96.9 Å². The Bertz CT molecular complexity index is 242. The summed E-state index contributed by atoms with van der Waals surface area (Å²) >= 11 is 0. The zero-order valence-electron chi connectivity index (χ0n) is 9.65. The normalized spacial score (nSPS) is 26.6. The summed E-state index contributed by atoms with van der Waals surface area (Å²) in [6.45, 7) is 3.16. The molecule has 2 rings (SSSR count). The van der Waals surface area contributed by atoms with Crippen LogP contribution in [0, 0.1) is 17.2 Å². The minimum absolute atomic E-state index is 0.0349. The molecule has 90 valence electrons. The summed E-state index contributed by atoms with van der Waals surface area (Å²) < 4.78 is 10.9. The van der Waals surface area contributed by atoms with Crippen molar-refractivity contribution in [2.45, 2.75) is 37.8 Å². The number of ether oxygens (including phenoxy) is 2. The van der Waals surface area contributed by atoms with Gasteiger partial charge in [0.2, 0.25) is 0 Å². The van der Waals surface area contributed by atoms with Crippen LogP contribution in [0.4, 0.5) is 0 Å². The quantitative estimate of drug-likeness (QED) is 0.657. The van der Waals surface area contributed by atoms with Crippen molar-refractivity contribution in [1.82, 2.24) is 5.32 Å². The van der Waals surface area contributed by atoms with Crippen molar-refractivity contribution >= 4 is 0 Å². The second-order valence-electron chi connectivity index (χ2n) is 4.72. The number of rotatable bonds is 7. The molecular weight excluding hydrogens is 204 g/mol. The predicted molar refractivity (Wildman–Crippen MR) is 59.9 cm³/mol. The fourth-order valence-corrected chi connectivity index (χ4v) is 1.89. The fourth-order valence-electron chi connectivity index (χ4n) is 1.89.